The Labute approximate surface area is 154 Å². The molecule has 0 aromatic heterocycles. The van der Waals surface area contributed by atoms with Crippen LogP contribution in [0.25, 0.3) is 0 Å². The van der Waals surface area contributed by atoms with Crippen LogP contribution in [0.15, 0.2) is 48.5 Å². The van der Waals surface area contributed by atoms with Gasteiger partial charge in [-0.3, -0.25) is 9.69 Å². The Kier molecular flexibility index (Phi) is 5.02. The smallest absolute Gasteiger partial charge is 0.253 e. The number of benzene rings is 2. The predicted molar refractivity (Wildman–Crippen MR) is 100 cm³/mol. The average Bonchev–Trinajstić information content (AvgIpc) is 3.37. The van der Waals surface area contributed by atoms with E-state index in [1.54, 1.807) is 0 Å². The SMILES string of the molecule is O=C(c1ccc(CN(Cc2ccc(F)cc2)C2CC2)cc1)N1CCCC1. The van der Waals surface area contributed by atoms with Crippen molar-refractivity contribution in [3.05, 3.63) is 71.0 Å². The molecule has 2 aliphatic rings. The molecule has 4 rings (SSSR count). The molecule has 0 bridgehead atoms. The highest BCUT2D eigenvalue weighted by atomic mass is 19.1. The maximum atomic E-state index is 13.1. The fourth-order valence-corrected chi connectivity index (χ4v) is 3.67. The molecule has 3 nitrogen and oxygen atoms in total. The van der Waals surface area contributed by atoms with Crippen molar-refractivity contribution in [2.45, 2.75) is 44.8 Å². The van der Waals surface area contributed by atoms with E-state index in [0.717, 1.165) is 50.1 Å². The van der Waals surface area contributed by atoms with E-state index in [9.17, 15) is 9.18 Å². The Balaban J connectivity index is 1.41. The van der Waals surface area contributed by atoms with Crippen LogP contribution in [0.3, 0.4) is 0 Å². The zero-order chi connectivity index (χ0) is 17.9. The van der Waals surface area contributed by atoms with Crippen LogP contribution < -0.4 is 0 Å². The summed E-state index contributed by atoms with van der Waals surface area (Å²) in [6, 6.07) is 15.5. The van der Waals surface area contributed by atoms with E-state index in [1.165, 1.54) is 30.5 Å². The van der Waals surface area contributed by atoms with Crippen LogP contribution >= 0.6 is 0 Å². The lowest BCUT2D eigenvalue weighted by Gasteiger charge is -2.22. The van der Waals surface area contributed by atoms with Crippen molar-refractivity contribution < 1.29 is 9.18 Å². The van der Waals surface area contributed by atoms with Crippen LogP contribution in [0.1, 0.15) is 47.2 Å². The monoisotopic (exact) mass is 352 g/mol. The number of amides is 1. The minimum absolute atomic E-state index is 0.152. The van der Waals surface area contributed by atoms with Crippen LogP contribution in [-0.2, 0) is 13.1 Å². The minimum Gasteiger partial charge on any atom is -0.339 e. The van der Waals surface area contributed by atoms with E-state index < -0.39 is 0 Å². The Hall–Kier alpha value is -2.20. The standard InChI is InChI=1S/C22H25FN2O/c23-20-9-5-18(6-10-20)16-25(21-11-12-21)15-17-3-7-19(8-4-17)22(26)24-13-1-2-14-24/h3-10,21H,1-2,11-16H2. The van der Waals surface area contributed by atoms with E-state index in [2.05, 4.69) is 17.0 Å². The molecule has 0 atom stereocenters. The van der Waals surface area contributed by atoms with Gasteiger partial charge >= 0.3 is 0 Å². The van der Waals surface area contributed by atoms with Gasteiger partial charge in [0.25, 0.3) is 5.91 Å². The van der Waals surface area contributed by atoms with Crippen LogP contribution in [0.4, 0.5) is 4.39 Å². The largest absolute Gasteiger partial charge is 0.339 e. The molecule has 136 valence electrons. The molecular weight excluding hydrogens is 327 g/mol. The van der Waals surface area contributed by atoms with Crippen molar-refractivity contribution in [1.29, 1.82) is 0 Å². The summed E-state index contributed by atoms with van der Waals surface area (Å²) in [5.41, 5.74) is 3.14. The van der Waals surface area contributed by atoms with Crippen LogP contribution in [0, 0.1) is 5.82 Å². The third-order valence-electron chi connectivity index (χ3n) is 5.34. The zero-order valence-electron chi connectivity index (χ0n) is 15.0. The highest BCUT2D eigenvalue weighted by Gasteiger charge is 2.29. The van der Waals surface area contributed by atoms with E-state index in [4.69, 9.17) is 0 Å². The van der Waals surface area contributed by atoms with Gasteiger partial charge in [0.1, 0.15) is 5.82 Å². The Bertz CT molecular complexity index is 747. The first kappa shape index (κ1) is 17.2. The summed E-state index contributed by atoms with van der Waals surface area (Å²) in [5, 5.41) is 0. The molecule has 1 aliphatic heterocycles. The van der Waals surface area contributed by atoms with Crippen molar-refractivity contribution in [1.82, 2.24) is 9.80 Å². The number of carbonyl (C=O) groups excluding carboxylic acids is 1. The predicted octanol–water partition coefficient (Wildman–Crippen LogP) is 4.23. The fraction of sp³-hybridized carbons (Fsp3) is 0.409. The second-order valence-corrected chi connectivity index (χ2v) is 7.46. The summed E-state index contributed by atoms with van der Waals surface area (Å²) in [4.78, 5) is 16.8. The lowest BCUT2D eigenvalue weighted by Crippen LogP contribution is -2.27. The topological polar surface area (TPSA) is 23.6 Å². The normalized spacial score (nSPS) is 17.1. The third kappa shape index (κ3) is 4.13. The maximum Gasteiger partial charge on any atom is 0.253 e. The van der Waals surface area contributed by atoms with Crippen molar-refractivity contribution >= 4 is 5.91 Å². The molecule has 1 amide bonds. The van der Waals surface area contributed by atoms with Gasteiger partial charge in [0, 0.05) is 37.8 Å². The number of hydrogen-bond donors (Lipinski definition) is 0. The van der Waals surface area contributed by atoms with E-state index in [-0.39, 0.29) is 11.7 Å². The van der Waals surface area contributed by atoms with Crippen LogP contribution in [0.5, 0.6) is 0 Å². The van der Waals surface area contributed by atoms with Gasteiger partial charge in [-0.1, -0.05) is 24.3 Å². The van der Waals surface area contributed by atoms with E-state index in [1.807, 2.05) is 29.2 Å². The highest BCUT2D eigenvalue weighted by molar-refractivity contribution is 5.94. The third-order valence-corrected chi connectivity index (χ3v) is 5.34. The summed E-state index contributed by atoms with van der Waals surface area (Å²) in [6.07, 6.45) is 4.69. The Morgan fingerprint density at radius 3 is 2.00 bits per heavy atom. The molecule has 1 heterocycles. The van der Waals surface area contributed by atoms with Gasteiger partial charge < -0.3 is 4.90 Å². The Morgan fingerprint density at radius 2 is 1.46 bits per heavy atom. The summed E-state index contributed by atoms with van der Waals surface area (Å²) < 4.78 is 13.1. The van der Waals surface area contributed by atoms with Crippen molar-refractivity contribution in [2.75, 3.05) is 13.1 Å². The van der Waals surface area contributed by atoms with Crippen LogP contribution in [0.2, 0.25) is 0 Å². The molecular formula is C22H25FN2O. The summed E-state index contributed by atoms with van der Waals surface area (Å²) in [7, 11) is 0. The maximum absolute atomic E-state index is 13.1. The Morgan fingerprint density at radius 1 is 0.923 bits per heavy atom. The molecule has 26 heavy (non-hydrogen) atoms. The number of rotatable bonds is 6. The number of carbonyl (C=O) groups is 1. The number of likely N-dealkylation sites (tertiary alicyclic amines) is 1. The quantitative estimate of drug-likeness (QED) is 0.777. The van der Waals surface area contributed by atoms with Crippen molar-refractivity contribution in [3.8, 4) is 0 Å². The molecule has 0 N–H and O–H groups in total. The lowest BCUT2D eigenvalue weighted by molar-refractivity contribution is 0.0793. The summed E-state index contributed by atoms with van der Waals surface area (Å²) in [6.45, 7) is 3.46. The molecule has 0 spiro atoms. The molecule has 4 heteroatoms. The van der Waals surface area contributed by atoms with Gasteiger partial charge in [-0.05, 0) is 61.1 Å². The fourth-order valence-electron chi connectivity index (χ4n) is 3.67. The average molecular weight is 352 g/mol. The first-order valence-corrected chi connectivity index (χ1v) is 9.56. The second kappa shape index (κ2) is 7.58. The van der Waals surface area contributed by atoms with Gasteiger partial charge in [-0.2, -0.15) is 0 Å². The highest BCUT2D eigenvalue weighted by Crippen LogP contribution is 2.30. The van der Waals surface area contributed by atoms with Gasteiger partial charge in [-0.15, -0.1) is 0 Å². The molecule has 0 radical (unpaired) electrons. The number of halogens is 1. The van der Waals surface area contributed by atoms with Gasteiger partial charge in [0.05, 0.1) is 0 Å². The van der Waals surface area contributed by atoms with Crippen molar-refractivity contribution in [2.24, 2.45) is 0 Å². The van der Waals surface area contributed by atoms with Gasteiger partial charge in [0.15, 0.2) is 0 Å². The number of hydrogen-bond acceptors (Lipinski definition) is 2. The van der Waals surface area contributed by atoms with Crippen LogP contribution in [-0.4, -0.2) is 34.8 Å². The van der Waals surface area contributed by atoms with Gasteiger partial charge in [-0.25, -0.2) is 4.39 Å². The second-order valence-electron chi connectivity index (χ2n) is 7.46. The molecule has 1 saturated heterocycles. The zero-order valence-corrected chi connectivity index (χ0v) is 15.0. The molecule has 1 aliphatic carbocycles. The molecule has 0 unspecified atom stereocenters. The first-order valence-electron chi connectivity index (χ1n) is 9.56. The van der Waals surface area contributed by atoms with E-state index >= 15 is 0 Å². The first-order chi connectivity index (χ1) is 12.7. The summed E-state index contributed by atoms with van der Waals surface area (Å²) >= 11 is 0. The number of nitrogens with zero attached hydrogens (tertiary/aromatic N) is 2. The molecule has 1 saturated carbocycles. The summed E-state index contributed by atoms with van der Waals surface area (Å²) in [5.74, 6) is -0.0376. The minimum atomic E-state index is -0.190. The van der Waals surface area contributed by atoms with E-state index in [0.29, 0.717) is 6.04 Å². The molecule has 2 aromatic carbocycles. The molecule has 2 fully saturated rings. The van der Waals surface area contributed by atoms with Gasteiger partial charge in [0.2, 0.25) is 0 Å². The lowest BCUT2D eigenvalue weighted by atomic mass is 10.1. The molecule has 2 aromatic rings. The van der Waals surface area contributed by atoms with Crippen molar-refractivity contribution in [3.63, 3.8) is 0 Å².